The van der Waals surface area contributed by atoms with Gasteiger partial charge in [-0.15, -0.1) is 0 Å². The zero-order valence-electron chi connectivity index (χ0n) is 15.4. The molecular weight excluding hydrogens is 332 g/mol. The Morgan fingerprint density at radius 3 is 2.69 bits per heavy atom. The van der Waals surface area contributed by atoms with Gasteiger partial charge in [0.15, 0.2) is 5.58 Å². The number of aromatic nitrogens is 3. The summed E-state index contributed by atoms with van der Waals surface area (Å²) in [5, 5.41) is 4.48. The first kappa shape index (κ1) is 16.9. The lowest BCUT2D eigenvalue weighted by molar-refractivity contribution is -0.138. The van der Waals surface area contributed by atoms with Crippen LogP contribution in [-0.4, -0.2) is 37.1 Å². The van der Waals surface area contributed by atoms with Crippen LogP contribution in [0.3, 0.4) is 0 Å². The summed E-state index contributed by atoms with van der Waals surface area (Å²) in [5.41, 5.74) is 1.72. The van der Waals surface area contributed by atoms with Gasteiger partial charge in [-0.2, -0.15) is 5.10 Å². The van der Waals surface area contributed by atoms with E-state index < -0.39 is 0 Å². The average molecular weight is 356 g/mol. The van der Waals surface area contributed by atoms with Crippen molar-refractivity contribution >= 4 is 22.5 Å². The number of fused-ring (bicyclic) bond motifs is 3. The van der Waals surface area contributed by atoms with Crippen LogP contribution in [0.15, 0.2) is 27.6 Å². The van der Waals surface area contributed by atoms with Gasteiger partial charge in [-0.25, -0.2) is 4.68 Å². The fourth-order valence-corrected chi connectivity index (χ4v) is 4.18. The van der Waals surface area contributed by atoms with Crippen molar-refractivity contribution in [2.45, 2.75) is 65.1 Å². The highest BCUT2D eigenvalue weighted by molar-refractivity contribution is 5.82. The lowest BCUT2D eigenvalue weighted by Gasteiger charge is -2.39. The molecule has 0 aromatic carbocycles. The number of nitrogens with zero attached hydrogens (tertiary/aromatic N) is 4. The van der Waals surface area contributed by atoms with Gasteiger partial charge in [0.25, 0.3) is 5.56 Å². The molecule has 0 N–H and O–H groups in total. The van der Waals surface area contributed by atoms with E-state index in [1.807, 2.05) is 22.3 Å². The Morgan fingerprint density at radius 2 is 2.00 bits per heavy atom. The number of piperidine rings is 1. The third kappa shape index (κ3) is 2.53. The maximum Gasteiger partial charge on any atom is 0.291 e. The molecule has 0 aliphatic carbocycles. The number of carbonyl (C=O) groups is 1. The summed E-state index contributed by atoms with van der Waals surface area (Å²) in [5.74, 6) is 0.699. The maximum atomic E-state index is 12.9. The molecule has 2 unspecified atom stereocenters. The van der Waals surface area contributed by atoms with E-state index in [0.717, 1.165) is 30.6 Å². The molecule has 138 valence electrons. The molecular formula is C19H24N4O3. The van der Waals surface area contributed by atoms with Gasteiger partial charge in [-0.1, -0.05) is 6.92 Å². The molecule has 26 heavy (non-hydrogen) atoms. The Labute approximate surface area is 151 Å². The molecule has 3 aromatic heterocycles. The average Bonchev–Trinajstić information content (AvgIpc) is 3.18. The molecule has 1 aliphatic rings. The first-order valence-corrected chi connectivity index (χ1v) is 9.31. The maximum absolute atomic E-state index is 12.9. The minimum atomic E-state index is -0.265. The van der Waals surface area contributed by atoms with Crippen molar-refractivity contribution in [3.8, 4) is 0 Å². The van der Waals surface area contributed by atoms with E-state index in [9.17, 15) is 9.59 Å². The van der Waals surface area contributed by atoms with Gasteiger partial charge < -0.3 is 9.32 Å². The third-order valence-electron chi connectivity index (χ3n) is 5.45. The largest absolute Gasteiger partial charge is 0.463 e. The van der Waals surface area contributed by atoms with E-state index in [1.165, 1.54) is 4.68 Å². The highest BCUT2D eigenvalue weighted by Crippen LogP contribution is 2.23. The van der Waals surface area contributed by atoms with Crippen LogP contribution in [0, 0.1) is 0 Å². The van der Waals surface area contributed by atoms with Gasteiger partial charge in [0.1, 0.15) is 17.9 Å². The normalized spacial score (nSPS) is 21.0. The summed E-state index contributed by atoms with van der Waals surface area (Å²) >= 11 is 0. The molecule has 7 heteroatoms. The number of furan rings is 1. The van der Waals surface area contributed by atoms with Gasteiger partial charge in [0, 0.05) is 30.6 Å². The second-order valence-electron chi connectivity index (χ2n) is 7.20. The topological polar surface area (TPSA) is 72.8 Å². The number of rotatable bonds is 3. The number of carbonyl (C=O) groups excluding carboxylic acids is 1. The molecule has 0 bridgehead atoms. The van der Waals surface area contributed by atoms with E-state index in [1.54, 1.807) is 12.3 Å². The number of hydrogen-bond donors (Lipinski definition) is 0. The standard InChI is InChI=1S/C19H24N4O3/c1-4-17-20-21(11-18(24)22-12(2)6-5-7-13(22)3)19(25)15-10-16-14(23(15)17)8-9-26-16/h8-10,12-13H,4-7,11H2,1-3H3. The van der Waals surface area contributed by atoms with Crippen LogP contribution in [0.2, 0.25) is 0 Å². The monoisotopic (exact) mass is 356 g/mol. The van der Waals surface area contributed by atoms with E-state index in [0.29, 0.717) is 17.5 Å². The van der Waals surface area contributed by atoms with Gasteiger partial charge in [0.05, 0.1) is 11.8 Å². The second kappa shape index (κ2) is 6.30. The van der Waals surface area contributed by atoms with Crippen molar-refractivity contribution in [3.05, 3.63) is 34.6 Å². The smallest absolute Gasteiger partial charge is 0.291 e. The van der Waals surface area contributed by atoms with Gasteiger partial charge in [-0.05, 0) is 33.1 Å². The van der Waals surface area contributed by atoms with Crippen LogP contribution in [-0.2, 0) is 17.8 Å². The third-order valence-corrected chi connectivity index (χ3v) is 5.45. The van der Waals surface area contributed by atoms with E-state index in [2.05, 4.69) is 18.9 Å². The van der Waals surface area contributed by atoms with Gasteiger partial charge in [-0.3, -0.25) is 14.0 Å². The molecule has 0 radical (unpaired) electrons. The predicted octanol–water partition coefficient (Wildman–Crippen LogP) is 2.59. The van der Waals surface area contributed by atoms with Crippen molar-refractivity contribution in [1.82, 2.24) is 19.1 Å². The van der Waals surface area contributed by atoms with E-state index in [-0.39, 0.29) is 30.1 Å². The molecule has 0 spiro atoms. The van der Waals surface area contributed by atoms with Crippen LogP contribution < -0.4 is 5.56 Å². The Bertz CT molecular complexity index is 1020. The van der Waals surface area contributed by atoms with Crippen molar-refractivity contribution in [3.63, 3.8) is 0 Å². The molecule has 4 heterocycles. The molecule has 0 saturated carbocycles. The first-order chi connectivity index (χ1) is 12.5. The molecule has 1 saturated heterocycles. The Hall–Kier alpha value is -2.57. The zero-order chi connectivity index (χ0) is 18.4. The Balaban J connectivity index is 1.76. The fraction of sp³-hybridized carbons (Fsp3) is 0.526. The SMILES string of the molecule is CCc1nn(CC(=O)N2C(C)CCCC2C)c(=O)c2cc3occc3n12. The number of amides is 1. The zero-order valence-corrected chi connectivity index (χ0v) is 15.4. The molecule has 2 atom stereocenters. The summed E-state index contributed by atoms with van der Waals surface area (Å²) < 4.78 is 8.57. The Kier molecular flexibility index (Phi) is 4.09. The van der Waals surface area contributed by atoms with Crippen LogP contribution in [0.5, 0.6) is 0 Å². The van der Waals surface area contributed by atoms with Crippen molar-refractivity contribution in [1.29, 1.82) is 0 Å². The van der Waals surface area contributed by atoms with Crippen molar-refractivity contribution in [2.75, 3.05) is 0 Å². The second-order valence-corrected chi connectivity index (χ2v) is 7.20. The highest BCUT2D eigenvalue weighted by Gasteiger charge is 2.29. The van der Waals surface area contributed by atoms with E-state index in [4.69, 9.17) is 4.42 Å². The summed E-state index contributed by atoms with van der Waals surface area (Å²) in [6, 6.07) is 3.96. The highest BCUT2D eigenvalue weighted by atomic mass is 16.3. The first-order valence-electron chi connectivity index (χ1n) is 9.31. The van der Waals surface area contributed by atoms with E-state index >= 15 is 0 Å². The van der Waals surface area contributed by atoms with Crippen LogP contribution in [0.4, 0.5) is 0 Å². The quantitative estimate of drug-likeness (QED) is 0.723. The Morgan fingerprint density at radius 1 is 1.27 bits per heavy atom. The molecule has 1 aliphatic heterocycles. The molecule has 3 aromatic rings. The minimum absolute atomic E-state index is 0.0242. The van der Waals surface area contributed by atoms with Crippen LogP contribution in [0.1, 0.15) is 45.9 Å². The molecule has 1 amide bonds. The summed E-state index contributed by atoms with van der Waals surface area (Å²) in [6.45, 7) is 6.11. The lowest BCUT2D eigenvalue weighted by Crippen LogP contribution is -2.49. The van der Waals surface area contributed by atoms with Gasteiger partial charge in [0.2, 0.25) is 5.91 Å². The van der Waals surface area contributed by atoms with Crippen molar-refractivity contribution < 1.29 is 9.21 Å². The predicted molar refractivity (Wildman–Crippen MR) is 98.2 cm³/mol. The van der Waals surface area contributed by atoms with Crippen LogP contribution in [0.25, 0.3) is 16.6 Å². The molecule has 7 nitrogen and oxygen atoms in total. The van der Waals surface area contributed by atoms with Crippen molar-refractivity contribution in [2.24, 2.45) is 0 Å². The minimum Gasteiger partial charge on any atom is -0.463 e. The van der Waals surface area contributed by atoms with Gasteiger partial charge >= 0.3 is 0 Å². The summed E-state index contributed by atoms with van der Waals surface area (Å²) in [7, 11) is 0. The number of likely N-dealkylation sites (tertiary alicyclic amines) is 1. The number of hydrogen-bond acceptors (Lipinski definition) is 4. The number of aryl methyl sites for hydroxylation is 1. The summed E-state index contributed by atoms with van der Waals surface area (Å²) in [4.78, 5) is 27.7. The molecule has 4 rings (SSSR count). The van der Waals surface area contributed by atoms with Crippen LogP contribution >= 0.6 is 0 Å². The molecule has 1 fully saturated rings. The summed E-state index contributed by atoms with van der Waals surface area (Å²) in [6.07, 6.45) is 5.40. The lowest BCUT2D eigenvalue weighted by atomic mass is 9.97. The fourth-order valence-electron chi connectivity index (χ4n) is 4.18.